The SMILES string of the molecule is CS(=O)(=O)N1CCc2onc(C(c3ccccc3)c3ccccc3)c2C1. The molecule has 0 saturated heterocycles. The van der Waals surface area contributed by atoms with Gasteiger partial charge in [0.1, 0.15) is 11.5 Å². The zero-order chi connectivity index (χ0) is 18.1. The van der Waals surface area contributed by atoms with Crippen molar-refractivity contribution >= 4 is 10.0 Å². The molecule has 0 saturated carbocycles. The molecule has 0 fully saturated rings. The Morgan fingerprint density at radius 1 is 1.00 bits per heavy atom. The molecule has 26 heavy (non-hydrogen) atoms. The molecular formula is C20H20N2O3S. The van der Waals surface area contributed by atoms with Crippen LogP contribution in [-0.4, -0.2) is 30.7 Å². The van der Waals surface area contributed by atoms with Gasteiger partial charge in [-0.15, -0.1) is 0 Å². The van der Waals surface area contributed by atoms with Crippen LogP contribution in [0.1, 0.15) is 34.1 Å². The normalized spacial score (nSPS) is 15.2. The Labute approximate surface area is 153 Å². The van der Waals surface area contributed by atoms with Gasteiger partial charge in [-0.25, -0.2) is 8.42 Å². The lowest BCUT2D eigenvalue weighted by atomic mass is 9.86. The van der Waals surface area contributed by atoms with Gasteiger partial charge in [-0.1, -0.05) is 65.8 Å². The fraction of sp³-hybridized carbons (Fsp3) is 0.250. The number of rotatable bonds is 4. The second-order valence-corrected chi connectivity index (χ2v) is 8.55. The molecule has 1 aromatic heterocycles. The maximum atomic E-state index is 12.0. The molecule has 134 valence electrons. The maximum absolute atomic E-state index is 12.0. The average molecular weight is 368 g/mol. The highest BCUT2D eigenvalue weighted by Gasteiger charge is 2.32. The van der Waals surface area contributed by atoms with Crippen LogP contribution in [0.2, 0.25) is 0 Å². The highest BCUT2D eigenvalue weighted by atomic mass is 32.2. The summed E-state index contributed by atoms with van der Waals surface area (Å²) in [5.41, 5.74) is 3.89. The smallest absolute Gasteiger partial charge is 0.211 e. The quantitative estimate of drug-likeness (QED) is 0.710. The van der Waals surface area contributed by atoms with E-state index in [0.29, 0.717) is 19.5 Å². The Kier molecular flexibility index (Phi) is 4.38. The highest BCUT2D eigenvalue weighted by Crippen LogP contribution is 2.36. The van der Waals surface area contributed by atoms with Crippen LogP contribution in [0.5, 0.6) is 0 Å². The predicted octanol–water partition coefficient (Wildman–Crippen LogP) is 3.17. The van der Waals surface area contributed by atoms with Crippen molar-refractivity contribution in [2.24, 2.45) is 0 Å². The molecule has 0 N–H and O–H groups in total. The van der Waals surface area contributed by atoms with Gasteiger partial charge < -0.3 is 4.52 Å². The first kappa shape index (κ1) is 17.0. The van der Waals surface area contributed by atoms with Gasteiger partial charge in [-0.2, -0.15) is 4.31 Å². The molecule has 0 radical (unpaired) electrons. The van der Waals surface area contributed by atoms with Crippen LogP contribution in [-0.2, 0) is 23.0 Å². The summed E-state index contributed by atoms with van der Waals surface area (Å²) in [5.74, 6) is 0.696. The van der Waals surface area contributed by atoms with E-state index in [1.54, 1.807) is 0 Å². The molecule has 0 unspecified atom stereocenters. The number of hydrogen-bond donors (Lipinski definition) is 0. The fourth-order valence-corrected chi connectivity index (χ4v) is 4.30. The minimum absolute atomic E-state index is 0.0931. The maximum Gasteiger partial charge on any atom is 0.211 e. The first-order chi connectivity index (χ1) is 12.5. The van der Waals surface area contributed by atoms with Crippen molar-refractivity contribution in [3.05, 3.63) is 88.8 Å². The van der Waals surface area contributed by atoms with Gasteiger partial charge >= 0.3 is 0 Å². The average Bonchev–Trinajstić information content (AvgIpc) is 3.06. The molecule has 6 heteroatoms. The van der Waals surface area contributed by atoms with Crippen LogP contribution in [0.3, 0.4) is 0 Å². The number of hydrogen-bond acceptors (Lipinski definition) is 4. The van der Waals surface area contributed by atoms with Crippen molar-refractivity contribution in [3.8, 4) is 0 Å². The van der Waals surface area contributed by atoms with Crippen LogP contribution >= 0.6 is 0 Å². The van der Waals surface area contributed by atoms with Crippen molar-refractivity contribution in [2.75, 3.05) is 12.8 Å². The van der Waals surface area contributed by atoms with E-state index in [4.69, 9.17) is 4.52 Å². The predicted molar refractivity (Wildman–Crippen MR) is 99.3 cm³/mol. The van der Waals surface area contributed by atoms with Gasteiger partial charge in [0.2, 0.25) is 10.0 Å². The second-order valence-electron chi connectivity index (χ2n) is 6.57. The number of nitrogens with zero attached hydrogens (tertiary/aromatic N) is 2. The van der Waals surface area contributed by atoms with E-state index in [1.807, 2.05) is 36.4 Å². The van der Waals surface area contributed by atoms with Crippen LogP contribution in [0.15, 0.2) is 65.2 Å². The van der Waals surface area contributed by atoms with Gasteiger partial charge in [0.15, 0.2) is 0 Å². The molecule has 2 heterocycles. The summed E-state index contributed by atoms with van der Waals surface area (Å²) in [6.45, 7) is 0.741. The molecule has 5 nitrogen and oxygen atoms in total. The third-order valence-corrected chi connectivity index (χ3v) is 6.08. The van der Waals surface area contributed by atoms with Gasteiger partial charge in [-0.05, 0) is 11.1 Å². The summed E-state index contributed by atoms with van der Waals surface area (Å²) in [7, 11) is -3.25. The van der Waals surface area contributed by atoms with E-state index in [0.717, 1.165) is 28.1 Å². The highest BCUT2D eigenvalue weighted by molar-refractivity contribution is 7.88. The molecule has 0 spiro atoms. The summed E-state index contributed by atoms with van der Waals surface area (Å²) < 4.78 is 31.1. The molecule has 0 bridgehead atoms. The Balaban J connectivity index is 1.83. The summed E-state index contributed by atoms with van der Waals surface area (Å²) in [6, 6.07) is 20.2. The number of benzene rings is 2. The summed E-state index contributed by atoms with van der Waals surface area (Å²) in [4.78, 5) is 0. The molecule has 0 atom stereocenters. The lowest BCUT2D eigenvalue weighted by Crippen LogP contribution is -2.35. The molecule has 1 aliphatic heterocycles. The van der Waals surface area contributed by atoms with E-state index in [1.165, 1.54) is 10.6 Å². The van der Waals surface area contributed by atoms with E-state index in [9.17, 15) is 8.42 Å². The van der Waals surface area contributed by atoms with Crippen molar-refractivity contribution in [2.45, 2.75) is 18.9 Å². The van der Waals surface area contributed by atoms with E-state index in [-0.39, 0.29) is 5.92 Å². The molecule has 0 amide bonds. The Morgan fingerprint density at radius 2 is 1.58 bits per heavy atom. The Hall–Kier alpha value is -2.44. The Bertz CT molecular complexity index is 959. The molecule has 3 aromatic rings. The first-order valence-electron chi connectivity index (χ1n) is 8.56. The van der Waals surface area contributed by atoms with Gasteiger partial charge in [-0.3, -0.25) is 0 Å². The van der Waals surface area contributed by atoms with E-state index >= 15 is 0 Å². The lowest BCUT2D eigenvalue weighted by molar-refractivity contribution is 0.331. The van der Waals surface area contributed by atoms with Crippen molar-refractivity contribution in [1.29, 1.82) is 0 Å². The van der Waals surface area contributed by atoms with Crippen LogP contribution in [0.4, 0.5) is 0 Å². The Morgan fingerprint density at radius 3 is 2.12 bits per heavy atom. The summed E-state index contributed by atoms with van der Waals surface area (Å²) in [5, 5.41) is 4.37. The summed E-state index contributed by atoms with van der Waals surface area (Å²) >= 11 is 0. The third kappa shape index (κ3) is 3.18. The van der Waals surface area contributed by atoms with Crippen molar-refractivity contribution < 1.29 is 12.9 Å². The standard InChI is InChI=1S/C20H20N2O3S/c1-26(23,24)22-13-12-18-17(14-22)20(21-25-18)19(15-8-4-2-5-9-15)16-10-6-3-7-11-16/h2-11,19H,12-14H2,1H3. The van der Waals surface area contributed by atoms with E-state index in [2.05, 4.69) is 29.4 Å². The van der Waals surface area contributed by atoms with Crippen molar-refractivity contribution in [3.63, 3.8) is 0 Å². The third-order valence-electron chi connectivity index (χ3n) is 4.83. The topological polar surface area (TPSA) is 63.4 Å². The van der Waals surface area contributed by atoms with Crippen LogP contribution < -0.4 is 0 Å². The van der Waals surface area contributed by atoms with Gasteiger partial charge in [0.05, 0.1) is 12.2 Å². The monoisotopic (exact) mass is 368 g/mol. The molecule has 1 aliphatic rings. The van der Waals surface area contributed by atoms with Crippen molar-refractivity contribution in [1.82, 2.24) is 9.46 Å². The van der Waals surface area contributed by atoms with Gasteiger partial charge in [0, 0.05) is 25.1 Å². The van der Waals surface area contributed by atoms with Crippen LogP contribution in [0, 0.1) is 0 Å². The molecule has 4 rings (SSSR count). The second kappa shape index (κ2) is 6.70. The molecule has 0 aliphatic carbocycles. The first-order valence-corrected chi connectivity index (χ1v) is 10.4. The van der Waals surface area contributed by atoms with E-state index < -0.39 is 10.0 Å². The minimum atomic E-state index is -3.25. The zero-order valence-corrected chi connectivity index (χ0v) is 15.3. The molecule has 2 aromatic carbocycles. The number of fused-ring (bicyclic) bond motifs is 1. The number of aromatic nitrogens is 1. The lowest BCUT2D eigenvalue weighted by Gasteiger charge is -2.25. The minimum Gasteiger partial charge on any atom is -0.361 e. The largest absolute Gasteiger partial charge is 0.361 e. The fourth-order valence-electron chi connectivity index (χ4n) is 3.51. The number of sulfonamides is 1. The zero-order valence-electron chi connectivity index (χ0n) is 14.5. The molecular weight excluding hydrogens is 348 g/mol. The summed E-state index contributed by atoms with van der Waals surface area (Å²) in [6.07, 6.45) is 1.79. The van der Waals surface area contributed by atoms with Gasteiger partial charge in [0.25, 0.3) is 0 Å². The van der Waals surface area contributed by atoms with Crippen LogP contribution in [0.25, 0.3) is 0 Å².